The molecule has 0 amide bonds. The van der Waals surface area contributed by atoms with Crippen LogP contribution in [0.15, 0.2) is 47.1 Å². The number of ether oxygens (including phenoxy) is 6. The summed E-state index contributed by atoms with van der Waals surface area (Å²) in [6, 6.07) is 3.16. The number of benzene rings is 1. The molecule has 1 aliphatic rings. The topological polar surface area (TPSA) is 164 Å². The Hall–Kier alpha value is -4.16. The Morgan fingerprint density at radius 2 is 1.52 bits per heavy atom. The summed E-state index contributed by atoms with van der Waals surface area (Å²) in [6.07, 6.45) is 1.42. The van der Waals surface area contributed by atoms with Gasteiger partial charge in [-0.1, -0.05) is 28.9 Å². The first-order chi connectivity index (χ1) is 22.5. The van der Waals surface area contributed by atoms with Crippen LogP contribution in [0.25, 0.3) is 0 Å². The second-order valence-corrected chi connectivity index (χ2v) is 12.3. The van der Waals surface area contributed by atoms with Gasteiger partial charge in [0, 0.05) is 39.7 Å². The number of aliphatic hydroxyl groups excluding tert-OH is 1. The van der Waals surface area contributed by atoms with Gasteiger partial charge < -0.3 is 38.6 Å². The number of carbonyl (C=O) groups excluding carboxylic acids is 4. The summed E-state index contributed by atoms with van der Waals surface area (Å²) in [5.41, 5.74) is 4.35. The zero-order valence-electron chi connectivity index (χ0n) is 29.4. The lowest BCUT2D eigenvalue weighted by Gasteiger charge is -2.42. The molecule has 1 unspecified atom stereocenters. The van der Waals surface area contributed by atoms with Crippen LogP contribution in [0.5, 0.6) is 11.5 Å². The summed E-state index contributed by atoms with van der Waals surface area (Å²) in [6.45, 7) is 14.1. The fraction of sp³-hybridized carbons (Fsp3) is 0.556. The highest BCUT2D eigenvalue weighted by molar-refractivity contribution is 5.68. The number of aliphatic hydroxyl groups is 1. The first-order valence-corrected chi connectivity index (χ1v) is 15.9. The minimum atomic E-state index is -1.60. The number of rotatable bonds is 15. The molecule has 2 rings (SSSR count). The number of esters is 4. The van der Waals surface area contributed by atoms with Gasteiger partial charge in [-0.2, -0.15) is 0 Å². The second kappa shape index (κ2) is 19.0. The maximum atomic E-state index is 11.9. The van der Waals surface area contributed by atoms with Gasteiger partial charge in [-0.15, -0.1) is 0 Å². The SMILES string of the molecule is CC(=O)OC[C@H]1OC(Oc2cc(C)c(O)cc2C/C=C(\C)CC/C=C(\C)C[C@H](C=C(C)C)OC(C)=O)[C@H](O)[C@@H](OC(C)=O)[C@H]1OC(C)=O. The quantitative estimate of drug-likeness (QED) is 0.144. The van der Waals surface area contributed by atoms with Crippen molar-refractivity contribution in [3.8, 4) is 11.5 Å². The van der Waals surface area contributed by atoms with Crippen LogP contribution < -0.4 is 4.74 Å². The van der Waals surface area contributed by atoms with Crippen LogP contribution in [0, 0.1) is 6.92 Å². The van der Waals surface area contributed by atoms with E-state index in [9.17, 15) is 29.4 Å². The minimum absolute atomic E-state index is 0.0474. The first kappa shape index (κ1) is 40.0. The molecule has 0 radical (unpaired) electrons. The van der Waals surface area contributed by atoms with Crippen LogP contribution in [0.4, 0.5) is 0 Å². The summed E-state index contributed by atoms with van der Waals surface area (Å²) in [5, 5.41) is 21.7. The highest BCUT2D eigenvalue weighted by atomic mass is 16.7. The molecule has 0 saturated carbocycles. The lowest BCUT2D eigenvalue weighted by Crippen LogP contribution is -2.62. The summed E-state index contributed by atoms with van der Waals surface area (Å²) in [7, 11) is 0. The van der Waals surface area contributed by atoms with Crippen molar-refractivity contribution in [1.82, 2.24) is 0 Å². The molecular weight excluding hydrogens is 624 g/mol. The predicted octanol–water partition coefficient (Wildman–Crippen LogP) is 5.10. The summed E-state index contributed by atoms with van der Waals surface area (Å²) in [5.74, 6) is -2.07. The Morgan fingerprint density at radius 3 is 2.10 bits per heavy atom. The minimum Gasteiger partial charge on any atom is -0.508 e. The molecule has 1 aromatic carbocycles. The molecule has 48 heavy (non-hydrogen) atoms. The lowest BCUT2D eigenvalue weighted by molar-refractivity contribution is -0.285. The number of allylic oxidation sites excluding steroid dienone is 4. The Kier molecular flexibility index (Phi) is 15.8. The molecule has 2 N–H and O–H groups in total. The fourth-order valence-electron chi connectivity index (χ4n) is 5.15. The van der Waals surface area contributed by atoms with E-state index in [1.165, 1.54) is 13.8 Å². The number of carbonyl (C=O) groups is 4. The van der Waals surface area contributed by atoms with Crippen molar-refractivity contribution in [3.05, 3.63) is 58.2 Å². The molecule has 266 valence electrons. The highest BCUT2D eigenvalue weighted by Crippen LogP contribution is 2.33. The molecule has 1 aromatic rings. The fourth-order valence-corrected chi connectivity index (χ4v) is 5.15. The number of hydrogen-bond acceptors (Lipinski definition) is 12. The Labute approximate surface area is 282 Å². The second-order valence-electron chi connectivity index (χ2n) is 12.3. The third-order valence-electron chi connectivity index (χ3n) is 7.35. The van der Waals surface area contributed by atoms with Gasteiger partial charge in [0.15, 0.2) is 18.3 Å². The Morgan fingerprint density at radius 1 is 0.875 bits per heavy atom. The van der Waals surface area contributed by atoms with Gasteiger partial charge in [0.25, 0.3) is 0 Å². The van der Waals surface area contributed by atoms with Gasteiger partial charge in [-0.05, 0) is 77.7 Å². The zero-order chi connectivity index (χ0) is 36.1. The van der Waals surface area contributed by atoms with Crippen LogP contribution in [0.1, 0.15) is 85.8 Å². The number of phenols is 1. The van der Waals surface area contributed by atoms with Crippen LogP contribution in [-0.2, 0) is 49.3 Å². The summed E-state index contributed by atoms with van der Waals surface area (Å²) in [4.78, 5) is 46.9. The van der Waals surface area contributed by atoms with E-state index in [1.807, 2.05) is 39.8 Å². The summed E-state index contributed by atoms with van der Waals surface area (Å²) >= 11 is 0. The van der Waals surface area contributed by atoms with Crippen LogP contribution in [0.3, 0.4) is 0 Å². The number of aryl methyl sites for hydroxylation is 1. The number of phenolic OH excluding ortho intramolecular Hbond substituents is 1. The molecule has 1 heterocycles. The average Bonchev–Trinajstić information content (AvgIpc) is 2.95. The van der Waals surface area contributed by atoms with Crippen LogP contribution >= 0.6 is 0 Å². The van der Waals surface area contributed by atoms with Crippen LogP contribution in [0.2, 0.25) is 0 Å². The molecule has 12 heteroatoms. The molecule has 6 atom stereocenters. The normalized spacial score (nSPS) is 21.8. The van der Waals surface area contributed by atoms with Crippen molar-refractivity contribution < 1.29 is 57.8 Å². The van der Waals surface area contributed by atoms with E-state index >= 15 is 0 Å². The van der Waals surface area contributed by atoms with Gasteiger partial charge in [0.2, 0.25) is 6.29 Å². The Balaban J connectivity index is 2.25. The molecule has 0 bridgehead atoms. The van der Waals surface area contributed by atoms with Gasteiger partial charge >= 0.3 is 23.9 Å². The van der Waals surface area contributed by atoms with Gasteiger partial charge in [0.05, 0.1) is 0 Å². The van der Waals surface area contributed by atoms with Gasteiger partial charge in [-0.3, -0.25) is 19.2 Å². The molecule has 0 spiro atoms. The molecule has 0 aromatic heterocycles. The van der Waals surface area contributed by atoms with E-state index in [0.717, 1.165) is 43.4 Å². The van der Waals surface area contributed by atoms with Crippen molar-refractivity contribution in [2.45, 2.75) is 125 Å². The maximum Gasteiger partial charge on any atom is 0.303 e. The number of hydrogen-bond donors (Lipinski definition) is 2. The van der Waals surface area contributed by atoms with E-state index in [4.69, 9.17) is 28.4 Å². The van der Waals surface area contributed by atoms with Crippen molar-refractivity contribution in [2.24, 2.45) is 0 Å². The van der Waals surface area contributed by atoms with Gasteiger partial charge in [-0.25, -0.2) is 0 Å². The van der Waals surface area contributed by atoms with E-state index in [-0.39, 0.29) is 24.4 Å². The summed E-state index contributed by atoms with van der Waals surface area (Å²) < 4.78 is 33.3. The smallest absolute Gasteiger partial charge is 0.303 e. The predicted molar refractivity (Wildman–Crippen MR) is 176 cm³/mol. The van der Waals surface area contributed by atoms with E-state index in [1.54, 1.807) is 19.1 Å². The van der Waals surface area contributed by atoms with Crippen molar-refractivity contribution in [1.29, 1.82) is 0 Å². The third-order valence-corrected chi connectivity index (χ3v) is 7.35. The van der Waals surface area contributed by atoms with Crippen LogP contribution in [-0.4, -0.2) is 77.5 Å². The Bertz CT molecular complexity index is 1390. The van der Waals surface area contributed by atoms with E-state index in [2.05, 4.69) is 6.08 Å². The lowest BCUT2D eigenvalue weighted by atomic mass is 9.98. The number of aromatic hydroxyl groups is 1. The molecule has 1 saturated heterocycles. The molecule has 12 nitrogen and oxygen atoms in total. The van der Waals surface area contributed by atoms with Gasteiger partial charge in [0.1, 0.15) is 30.3 Å². The van der Waals surface area contributed by atoms with Crippen molar-refractivity contribution in [2.75, 3.05) is 6.61 Å². The molecule has 1 fully saturated rings. The van der Waals surface area contributed by atoms with Crippen molar-refractivity contribution >= 4 is 23.9 Å². The molecule has 1 aliphatic heterocycles. The largest absolute Gasteiger partial charge is 0.508 e. The maximum absolute atomic E-state index is 11.9. The van der Waals surface area contributed by atoms with E-state index < -0.39 is 48.6 Å². The average molecular weight is 675 g/mol. The third kappa shape index (κ3) is 13.5. The standard InChI is InChI=1S/C36H50O12/c1-20(2)15-29(44-25(7)38)16-22(4)12-10-11-21(3)13-14-28-18-30(41)23(5)17-31(28)47-36-33(42)35(46-27(9)40)34(45-26(8)39)32(48-36)19-43-24(6)37/h12-13,15,17-18,29,32-36,41-42H,10-11,14,16,19H2,1-9H3/b21-13+,22-12+/t29-,32+,33+,34-,35+,36?/m0/s1. The monoisotopic (exact) mass is 674 g/mol. The first-order valence-electron chi connectivity index (χ1n) is 15.9. The zero-order valence-corrected chi connectivity index (χ0v) is 29.4. The van der Waals surface area contributed by atoms with Crippen molar-refractivity contribution in [3.63, 3.8) is 0 Å². The molecular formula is C36H50O12. The van der Waals surface area contributed by atoms with E-state index in [0.29, 0.717) is 29.7 Å². The highest BCUT2D eigenvalue weighted by Gasteiger charge is 2.51. The molecule has 0 aliphatic carbocycles.